The number of aryl methyl sites for hydroxylation is 1. The van der Waals surface area contributed by atoms with Crippen molar-refractivity contribution in [2.75, 3.05) is 0 Å². The third-order valence-electron chi connectivity index (χ3n) is 4.39. The summed E-state index contributed by atoms with van der Waals surface area (Å²) in [6, 6.07) is 18.0. The van der Waals surface area contributed by atoms with Crippen LogP contribution < -0.4 is 9.30 Å². The molecule has 0 aliphatic carbocycles. The summed E-state index contributed by atoms with van der Waals surface area (Å²) in [5.74, 6) is -3.34. The lowest BCUT2D eigenvalue weighted by molar-refractivity contribution is -0.617. The van der Waals surface area contributed by atoms with Crippen LogP contribution in [0, 0.1) is 11.6 Å². The number of benzene rings is 3. The summed E-state index contributed by atoms with van der Waals surface area (Å²) in [7, 11) is 1.90. The lowest BCUT2D eigenvalue weighted by atomic mass is 10.0. The zero-order valence-electron chi connectivity index (χ0n) is 13.9. The minimum atomic E-state index is -0.923. The highest BCUT2D eigenvalue weighted by Crippen LogP contribution is 2.28. The van der Waals surface area contributed by atoms with Crippen molar-refractivity contribution in [1.82, 2.24) is 0 Å². The Morgan fingerprint density at radius 2 is 1.31 bits per heavy atom. The van der Waals surface area contributed by atoms with Crippen LogP contribution in [0.25, 0.3) is 21.8 Å². The summed E-state index contributed by atoms with van der Waals surface area (Å²) in [4.78, 5) is 12.9. The number of carbonyl (C=O) groups is 1. The molecule has 1 heterocycles. The van der Waals surface area contributed by atoms with Crippen LogP contribution in [-0.4, -0.2) is 5.97 Å². The minimum absolute atomic E-state index is 0.275. The van der Waals surface area contributed by atoms with E-state index in [1.807, 2.05) is 35.9 Å². The molecule has 3 nitrogen and oxygen atoms in total. The van der Waals surface area contributed by atoms with Gasteiger partial charge in [0.2, 0.25) is 16.8 Å². The van der Waals surface area contributed by atoms with E-state index >= 15 is 0 Å². The van der Waals surface area contributed by atoms with Gasteiger partial charge in [-0.2, -0.15) is 4.57 Å². The standard InChI is InChI=1S/C21H14F2NO2/c1-24-17-11-4-2-7-13(17)19(14-8-3-5-12-18(14)24)21(25)26-20-15(22)9-6-10-16(20)23/h2-12H,1H3/q+1. The van der Waals surface area contributed by atoms with Crippen molar-refractivity contribution >= 4 is 27.8 Å². The van der Waals surface area contributed by atoms with Crippen molar-refractivity contribution in [3.8, 4) is 5.75 Å². The number of carbonyl (C=O) groups excluding carboxylic acids is 1. The van der Waals surface area contributed by atoms with Gasteiger partial charge in [0, 0.05) is 12.1 Å². The highest BCUT2D eigenvalue weighted by Gasteiger charge is 2.25. The zero-order valence-corrected chi connectivity index (χ0v) is 13.9. The quantitative estimate of drug-likeness (QED) is 0.233. The number of fused-ring (bicyclic) bond motifs is 2. The normalized spacial score (nSPS) is 11.0. The Kier molecular flexibility index (Phi) is 3.84. The van der Waals surface area contributed by atoms with Crippen LogP contribution in [0.3, 0.4) is 0 Å². The summed E-state index contributed by atoms with van der Waals surface area (Å²) in [6.07, 6.45) is 0. The summed E-state index contributed by atoms with van der Waals surface area (Å²) in [5.41, 5.74) is 1.90. The Morgan fingerprint density at radius 3 is 1.85 bits per heavy atom. The van der Waals surface area contributed by atoms with E-state index in [0.717, 1.165) is 23.2 Å². The molecule has 0 radical (unpaired) electrons. The molecular formula is C21H14F2NO2+. The molecule has 3 aromatic carbocycles. The van der Waals surface area contributed by atoms with Gasteiger partial charge in [0.1, 0.15) is 7.05 Å². The minimum Gasteiger partial charge on any atom is -0.417 e. The molecule has 0 saturated carbocycles. The molecule has 0 fully saturated rings. The molecule has 0 N–H and O–H groups in total. The first-order valence-electron chi connectivity index (χ1n) is 8.03. The van der Waals surface area contributed by atoms with E-state index in [0.29, 0.717) is 10.8 Å². The average Bonchev–Trinajstić information content (AvgIpc) is 2.65. The number of rotatable bonds is 2. The number of pyridine rings is 1. The molecule has 0 aliphatic heterocycles. The van der Waals surface area contributed by atoms with Crippen LogP contribution >= 0.6 is 0 Å². The van der Waals surface area contributed by atoms with Crippen molar-refractivity contribution in [2.24, 2.45) is 7.05 Å². The number of para-hydroxylation sites is 3. The number of esters is 1. The first kappa shape index (κ1) is 16.1. The van der Waals surface area contributed by atoms with E-state index in [1.165, 1.54) is 6.07 Å². The number of halogens is 2. The molecule has 0 spiro atoms. The van der Waals surface area contributed by atoms with Crippen molar-refractivity contribution in [3.05, 3.63) is 83.9 Å². The molecule has 5 heteroatoms. The summed E-state index contributed by atoms with van der Waals surface area (Å²) >= 11 is 0. The molecular weight excluding hydrogens is 336 g/mol. The Morgan fingerprint density at radius 1 is 0.808 bits per heavy atom. The van der Waals surface area contributed by atoms with Gasteiger partial charge in [0.05, 0.1) is 16.3 Å². The molecule has 0 unspecified atom stereocenters. The zero-order chi connectivity index (χ0) is 18.3. The molecule has 128 valence electrons. The molecule has 4 rings (SSSR count). The number of nitrogens with zero attached hydrogens (tertiary/aromatic N) is 1. The van der Waals surface area contributed by atoms with Gasteiger partial charge in [0.15, 0.2) is 11.6 Å². The largest absolute Gasteiger partial charge is 0.417 e. The molecule has 0 bridgehead atoms. The first-order chi connectivity index (χ1) is 12.6. The SMILES string of the molecule is C[n+]1c2ccccc2c(C(=O)Oc2c(F)cccc2F)c2ccccc21. The van der Waals surface area contributed by atoms with Gasteiger partial charge in [-0.25, -0.2) is 13.6 Å². The maximum absolute atomic E-state index is 13.9. The van der Waals surface area contributed by atoms with Gasteiger partial charge in [-0.15, -0.1) is 0 Å². The number of hydrogen-bond donors (Lipinski definition) is 0. The lowest BCUT2D eigenvalue weighted by Gasteiger charge is -2.10. The highest BCUT2D eigenvalue weighted by atomic mass is 19.1. The lowest BCUT2D eigenvalue weighted by Crippen LogP contribution is -2.31. The van der Waals surface area contributed by atoms with Gasteiger partial charge in [0.25, 0.3) is 0 Å². The summed E-state index contributed by atoms with van der Waals surface area (Å²) in [6.45, 7) is 0. The van der Waals surface area contributed by atoms with E-state index in [2.05, 4.69) is 0 Å². The van der Waals surface area contributed by atoms with Crippen molar-refractivity contribution in [3.63, 3.8) is 0 Å². The van der Waals surface area contributed by atoms with Gasteiger partial charge in [-0.05, 0) is 24.3 Å². The fraction of sp³-hybridized carbons (Fsp3) is 0.0476. The molecule has 26 heavy (non-hydrogen) atoms. The Labute approximate surface area is 148 Å². The topological polar surface area (TPSA) is 30.2 Å². The number of aromatic nitrogens is 1. The second kappa shape index (κ2) is 6.19. The Hall–Kier alpha value is -3.34. The first-order valence-corrected chi connectivity index (χ1v) is 8.03. The fourth-order valence-corrected chi connectivity index (χ4v) is 3.17. The van der Waals surface area contributed by atoms with E-state index in [-0.39, 0.29) is 5.56 Å². The van der Waals surface area contributed by atoms with Crippen molar-refractivity contribution < 1.29 is 22.9 Å². The molecule has 0 atom stereocenters. The fourth-order valence-electron chi connectivity index (χ4n) is 3.17. The van der Waals surface area contributed by atoms with Crippen LogP contribution in [0.2, 0.25) is 0 Å². The summed E-state index contributed by atoms with van der Waals surface area (Å²) < 4.78 is 34.9. The van der Waals surface area contributed by atoms with Crippen LogP contribution in [0.1, 0.15) is 10.4 Å². The summed E-state index contributed by atoms with van der Waals surface area (Å²) in [5, 5.41) is 1.30. The van der Waals surface area contributed by atoms with Crippen LogP contribution in [0.5, 0.6) is 5.75 Å². The monoisotopic (exact) mass is 350 g/mol. The second-order valence-electron chi connectivity index (χ2n) is 5.91. The highest BCUT2D eigenvalue weighted by molar-refractivity contribution is 6.13. The molecule has 0 aliphatic rings. The van der Waals surface area contributed by atoms with Gasteiger partial charge >= 0.3 is 5.97 Å². The maximum atomic E-state index is 13.9. The van der Waals surface area contributed by atoms with E-state index in [1.54, 1.807) is 24.3 Å². The Balaban J connectivity index is 1.98. The van der Waals surface area contributed by atoms with Crippen LogP contribution in [0.15, 0.2) is 66.7 Å². The van der Waals surface area contributed by atoms with Gasteiger partial charge in [-0.3, -0.25) is 0 Å². The van der Waals surface area contributed by atoms with E-state index in [9.17, 15) is 13.6 Å². The predicted octanol–water partition coefficient (Wildman–Crippen LogP) is 4.31. The molecule has 1 aromatic heterocycles. The predicted molar refractivity (Wildman–Crippen MR) is 93.9 cm³/mol. The van der Waals surface area contributed by atoms with Crippen molar-refractivity contribution in [1.29, 1.82) is 0 Å². The van der Waals surface area contributed by atoms with Gasteiger partial charge in [-0.1, -0.05) is 30.3 Å². The second-order valence-corrected chi connectivity index (χ2v) is 5.91. The third-order valence-corrected chi connectivity index (χ3v) is 4.39. The van der Waals surface area contributed by atoms with Crippen molar-refractivity contribution in [2.45, 2.75) is 0 Å². The molecule has 0 amide bonds. The van der Waals surface area contributed by atoms with Crippen LogP contribution in [0.4, 0.5) is 8.78 Å². The number of hydrogen-bond acceptors (Lipinski definition) is 2. The third kappa shape index (κ3) is 2.49. The van der Waals surface area contributed by atoms with Crippen LogP contribution in [-0.2, 0) is 7.05 Å². The molecule has 4 aromatic rings. The van der Waals surface area contributed by atoms with E-state index in [4.69, 9.17) is 4.74 Å². The maximum Gasteiger partial charge on any atom is 0.345 e. The van der Waals surface area contributed by atoms with Gasteiger partial charge < -0.3 is 4.74 Å². The van der Waals surface area contributed by atoms with E-state index < -0.39 is 23.4 Å². The average molecular weight is 350 g/mol. The Bertz CT molecular complexity index is 1090. The smallest absolute Gasteiger partial charge is 0.345 e. The molecule has 0 saturated heterocycles. The number of ether oxygens (including phenoxy) is 1.